The number of aryl methyl sites for hydroxylation is 2. The van der Waals surface area contributed by atoms with Gasteiger partial charge in [0.2, 0.25) is 0 Å². The van der Waals surface area contributed by atoms with Gasteiger partial charge in [-0.3, -0.25) is 0 Å². The number of rotatable bonds is 3. The molecule has 0 aliphatic heterocycles. The molecule has 1 saturated carbocycles. The summed E-state index contributed by atoms with van der Waals surface area (Å²) < 4.78 is 2.06. The van der Waals surface area contributed by atoms with Crippen LogP contribution in [0, 0.1) is 5.92 Å². The van der Waals surface area contributed by atoms with Gasteiger partial charge in [0.05, 0.1) is 6.10 Å². The van der Waals surface area contributed by atoms with Crippen LogP contribution in [0.5, 0.6) is 0 Å². The van der Waals surface area contributed by atoms with Gasteiger partial charge in [0.1, 0.15) is 5.82 Å². The molecule has 0 amide bonds. The van der Waals surface area contributed by atoms with Crippen LogP contribution in [0.3, 0.4) is 0 Å². The van der Waals surface area contributed by atoms with Crippen molar-refractivity contribution in [3.8, 4) is 0 Å². The SMILES string of the molecule is Cn1ccnc1CCC1CCCC1O. The maximum absolute atomic E-state index is 9.66. The number of hydrogen-bond donors (Lipinski definition) is 1. The third-order valence-electron chi connectivity index (χ3n) is 3.28. The lowest BCUT2D eigenvalue weighted by Gasteiger charge is -2.13. The zero-order chi connectivity index (χ0) is 9.97. The predicted octanol–water partition coefficient (Wildman–Crippen LogP) is 1.51. The first-order chi connectivity index (χ1) is 6.77. The van der Waals surface area contributed by atoms with E-state index in [-0.39, 0.29) is 6.10 Å². The number of aliphatic hydroxyl groups is 1. The number of aliphatic hydroxyl groups excluding tert-OH is 1. The van der Waals surface area contributed by atoms with Gasteiger partial charge in [-0.15, -0.1) is 0 Å². The van der Waals surface area contributed by atoms with E-state index in [9.17, 15) is 5.11 Å². The van der Waals surface area contributed by atoms with Crippen molar-refractivity contribution in [2.45, 2.75) is 38.2 Å². The molecule has 0 bridgehead atoms. The number of aromatic nitrogens is 2. The first-order valence-corrected chi connectivity index (χ1v) is 5.41. The molecular formula is C11H18N2O. The van der Waals surface area contributed by atoms with Gasteiger partial charge in [0, 0.05) is 25.9 Å². The Labute approximate surface area is 84.8 Å². The summed E-state index contributed by atoms with van der Waals surface area (Å²) in [7, 11) is 2.02. The number of hydrogen-bond acceptors (Lipinski definition) is 2. The summed E-state index contributed by atoms with van der Waals surface area (Å²) in [6, 6.07) is 0. The van der Waals surface area contributed by atoms with Crippen LogP contribution in [0.15, 0.2) is 12.4 Å². The lowest BCUT2D eigenvalue weighted by Crippen LogP contribution is -2.14. The Hall–Kier alpha value is -0.830. The summed E-state index contributed by atoms with van der Waals surface area (Å²) >= 11 is 0. The fourth-order valence-electron chi connectivity index (χ4n) is 2.31. The van der Waals surface area contributed by atoms with Crippen molar-refractivity contribution >= 4 is 0 Å². The molecule has 0 spiro atoms. The Kier molecular flexibility index (Phi) is 2.87. The molecule has 1 heterocycles. The monoisotopic (exact) mass is 194 g/mol. The first kappa shape index (κ1) is 9.71. The zero-order valence-electron chi connectivity index (χ0n) is 8.69. The summed E-state index contributed by atoms with van der Waals surface area (Å²) in [5.41, 5.74) is 0. The molecule has 78 valence electrons. The molecule has 1 aromatic heterocycles. The normalized spacial score (nSPS) is 27.0. The van der Waals surface area contributed by atoms with Gasteiger partial charge < -0.3 is 9.67 Å². The van der Waals surface area contributed by atoms with Gasteiger partial charge in [-0.05, 0) is 25.2 Å². The molecule has 2 atom stereocenters. The molecule has 2 unspecified atom stereocenters. The van der Waals surface area contributed by atoms with Gasteiger partial charge in [-0.2, -0.15) is 0 Å². The van der Waals surface area contributed by atoms with Crippen molar-refractivity contribution in [2.75, 3.05) is 0 Å². The van der Waals surface area contributed by atoms with E-state index in [2.05, 4.69) is 9.55 Å². The summed E-state index contributed by atoms with van der Waals surface area (Å²) in [6.45, 7) is 0. The second-order valence-electron chi connectivity index (χ2n) is 4.25. The summed E-state index contributed by atoms with van der Waals surface area (Å²) in [5, 5.41) is 9.66. The smallest absolute Gasteiger partial charge is 0.108 e. The van der Waals surface area contributed by atoms with E-state index < -0.39 is 0 Å². The molecule has 0 saturated heterocycles. The molecular weight excluding hydrogens is 176 g/mol. The Morgan fingerprint density at radius 1 is 1.57 bits per heavy atom. The van der Waals surface area contributed by atoms with Gasteiger partial charge >= 0.3 is 0 Å². The Morgan fingerprint density at radius 2 is 2.43 bits per heavy atom. The summed E-state index contributed by atoms with van der Waals surface area (Å²) in [5.74, 6) is 1.64. The fraction of sp³-hybridized carbons (Fsp3) is 0.727. The highest BCUT2D eigenvalue weighted by molar-refractivity contribution is 4.92. The molecule has 0 radical (unpaired) electrons. The highest BCUT2D eigenvalue weighted by Gasteiger charge is 2.24. The van der Waals surface area contributed by atoms with E-state index in [1.54, 1.807) is 0 Å². The maximum Gasteiger partial charge on any atom is 0.108 e. The van der Waals surface area contributed by atoms with E-state index in [1.807, 2.05) is 19.4 Å². The van der Waals surface area contributed by atoms with E-state index in [0.717, 1.165) is 25.1 Å². The third-order valence-corrected chi connectivity index (χ3v) is 3.28. The molecule has 1 fully saturated rings. The molecule has 1 aromatic rings. The number of imidazole rings is 1. The van der Waals surface area contributed by atoms with Crippen LogP contribution >= 0.6 is 0 Å². The molecule has 2 rings (SSSR count). The van der Waals surface area contributed by atoms with Gasteiger partial charge in [0.25, 0.3) is 0 Å². The van der Waals surface area contributed by atoms with Gasteiger partial charge in [-0.25, -0.2) is 4.98 Å². The Bertz CT molecular complexity index is 295. The Balaban J connectivity index is 1.85. The minimum atomic E-state index is -0.0599. The molecule has 3 nitrogen and oxygen atoms in total. The second kappa shape index (κ2) is 4.13. The fourth-order valence-corrected chi connectivity index (χ4v) is 2.31. The minimum Gasteiger partial charge on any atom is -0.393 e. The average Bonchev–Trinajstić information content (AvgIpc) is 2.72. The van der Waals surface area contributed by atoms with Crippen molar-refractivity contribution in [1.29, 1.82) is 0 Å². The van der Waals surface area contributed by atoms with Crippen LogP contribution in [-0.4, -0.2) is 20.8 Å². The summed E-state index contributed by atoms with van der Waals surface area (Å²) in [4.78, 5) is 4.28. The van der Waals surface area contributed by atoms with E-state index >= 15 is 0 Å². The van der Waals surface area contributed by atoms with Crippen molar-refractivity contribution in [3.63, 3.8) is 0 Å². The third kappa shape index (κ3) is 1.98. The summed E-state index contributed by atoms with van der Waals surface area (Å²) in [6.07, 6.45) is 9.18. The lowest BCUT2D eigenvalue weighted by molar-refractivity contribution is 0.128. The average molecular weight is 194 g/mol. The Morgan fingerprint density at radius 3 is 3.00 bits per heavy atom. The molecule has 1 aliphatic carbocycles. The zero-order valence-corrected chi connectivity index (χ0v) is 8.69. The minimum absolute atomic E-state index is 0.0599. The van der Waals surface area contributed by atoms with E-state index in [4.69, 9.17) is 0 Å². The maximum atomic E-state index is 9.66. The van der Waals surface area contributed by atoms with Crippen molar-refractivity contribution in [3.05, 3.63) is 18.2 Å². The van der Waals surface area contributed by atoms with Crippen molar-refractivity contribution < 1.29 is 5.11 Å². The molecule has 3 heteroatoms. The molecule has 1 aliphatic rings. The molecule has 14 heavy (non-hydrogen) atoms. The van der Waals surface area contributed by atoms with Crippen LogP contribution in [0.4, 0.5) is 0 Å². The van der Waals surface area contributed by atoms with Crippen LogP contribution in [0.25, 0.3) is 0 Å². The van der Waals surface area contributed by atoms with Crippen LogP contribution < -0.4 is 0 Å². The molecule has 0 aromatic carbocycles. The van der Waals surface area contributed by atoms with Crippen molar-refractivity contribution in [2.24, 2.45) is 13.0 Å². The standard InChI is InChI=1S/C11H18N2O/c1-13-8-7-12-11(13)6-5-9-3-2-4-10(9)14/h7-10,14H,2-6H2,1H3. The van der Waals surface area contributed by atoms with Gasteiger partial charge in [-0.1, -0.05) is 6.42 Å². The first-order valence-electron chi connectivity index (χ1n) is 5.41. The topological polar surface area (TPSA) is 38.0 Å². The largest absolute Gasteiger partial charge is 0.393 e. The molecule has 1 N–H and O–H groups in total. The van der Waals surface area contributed by atoms with E-state index in [0.29, 0.717) is 5.92 Å². The predicted molar refractivity (Wildman–Crippen MR) is 54.9 cm³/mol. The van der Waals surface area contributed by atoms with Crippen LogP contribution in [0.2, 0.25) is 0 Å². The van der Waals surface area contributed by atoms with Crippen LogP contribution in [-0.2, 0) is 13.5 Å². The van der Waals surface area contributed by atoms with Crippen LogP contribution in [0.1, 0.15) is 31.5 Å². The quantitative estimate of drug-likeness (QED) is 0.792. The number of nitrogens with zero attached hydrogens (tertiary/aromatic N) is 2. The van der Waals surface area contributed by atoms with Gasteiger partial charge in [0.15, 0.2) is 0 Å². The lowest BCUT2D eigenvalue weighted by atomic mass is 9.99. The van der Waals surface area contributed by atoms with E-state index in [1.165, 1.54) is 12.8 Å². The second-order valence-corrected chi connectivity index (χ2v) is 4.25. The van der Waals surface area contributed by atoms with Crippen molar-refractivity contribution in [1.82, 2.24) is 9.55 Å². The highest BCUT2D eigenvalue weighted by Crippen LogP contribution is 2.28. The highest BCUT2D eigenvalue weighted by atomic mass is 16.3.